The summed E-state index contributed by atoms with van der Waals surface area (Å²) >= 11 is 0. The summed E-state index contributed by atoms with van der Waals surface area (Å²) in [6, 6.07) is 11.4. The number of hydrogen-bond donors (Lipinski definition) is 0. The molecule has 21 heavy (non-hydrogen) atoms. The number of ketones is 1. The number of methoxy groups -OCH3 is 2. The molecule has 0 aliphatic heterocycles. The van der Waals surface area contributed by atoms with Crippen LogP contribution in [0.15, 0.2) is 36.4 Å². The fourth-order valence-electron chi connectivity index (χ4n) is 2.31. The second-order valence-electron chi connectivity index (χ2n) is 5.10. The maximum Gasteiger partial charge on any atom is 0.167 e. The first kappa shape index (κ1) is 15.1. The van der Waals surface area contributed by atoms with Crippen molar-refractivity contribution in [3.8, 4) is 11.5 Å². The third kappa shape index (κ3) is 3.43. The number of rotatable bonds is 5. The molecule has 0 atom stereocenters. The van der Waals surface area contributed by atoms with Crippen LogP contribution in [0, 0.1) is 13.8 Å². The quantitative estimate of drug-likeness (QED) is 0.784. The van der Waals surface area contributed by atoms with Gasteiger partial charge in [0.1, 0.15) is 11.5 Å². The van der Waals surface area contributed by atoms with Crippen molar-refractivity contribution in [2.45, 2.75) is 20.3 Å². The number of Topliss-reactive ketones (excluding diaryl/α,β-unsaturated/α-hetero) is 1. The van der Waals surface area contributed by atoms with E-state index in [0.717, 1.165) is 28.2 Å². The van der Waals surface area contributed by atoms with Crippen molar-refractivity contribution >= 4 is 5.78 Å². The largest absolute Gasteiger partial charge is 0.496 e. The number of benzene rings is 2. The van der Waals surface area contributed by atoms with Gasteiger partial charge in [-0.2, -0.15) is 0 Å². The summed E-state index contributed by atoms with van der Waals surface area (Å²) in [5.41, 5.74) is 3.69. The van der Waals surface area contributed by atoms with E-state index in [1.54, 1.807) is 20.3 Å². The van der Waals surface area contributed by atoms with E-state index >= 15 is 0 Å². The van der Waals surface area contributed by atoms with Crippen molar-refractivity contribution in [2.24, 2.45) is 0 Å². The molecular weight excluding hydrogens is 264 g/mol. The number of carbonyl (C=O) groups is 1. The highest BCUT2D eigenvalue weighted by molar-refractivity contribution is 5.98. The lowest BCUT2D eigenvalue weighted by molar-refractivity contribution is 0.0991. The van der Waals surface area contributed by atoms with E-state index in [0.29, 0.717) is 12.0 Å². The van der Waals surface area contributed by atoms with E-state index in [2.05, 4.69) is 0 Å². The van der Waals surface area contributed by atoms with E-state index in [1.165, 1.54) is 0 Å². The van der Waals surface area contributed by atoms with Crippen LogP contribution in [0.3, 0.4) is 0 Å². The monoisotopic (exact) mass is 284 g/mol. The molecule has 0 radical (unpaired) electrons. The molecule has 0 aliphatic carbocycles. The first-order valence-electron chi connectivity index (χ1n) is 6.86. The van der Waals surface area contributed by atoms with Crippen molar-refractivity contribution in [3.63, 3.8) is 0 Å². The van der Waals surface area contributed by atoms with Crippen LogP contribution in [0.25, 0.3) is 0 Å². The standard InChI is InChI=1S/C18H20O3/c1-12-5-8-17(20-3)15(9-12)10-16(19)14-7-6-13(2)18(11-14)21-4/h5-9,11H,10H2,1-4H3. The average Bonchev–Trinajstić information content (AvgIpc) is 2.48. The van der Waals surface area contributed by atoms with Gasteiger partial charge in [0.15, 0.2) is 5.78 Å². The van der Waals surface area contributed by atoms with Crippen molar-refractivity contribution in [1.82, 2.24) is 0 Å². The molecule has 3 nitrogen and oxygen atoms in total. The highest BCUT2D eigenvalue weighted by Gasteiger charge is 2.12. The molecule has 0 N–H and O–H groups in total. The molecule has 110 valence electrons. The van der Waals surface area contributed by atoms with Gasteiger partial charge in [-0.25, -0.2) is 0 Å². The Morgan fingerprint density at radius 3 is 2.33 bits per heavy atom. The Kier molecular flexibility index (Phi) is 4.63. The zero-order valence-corrected chi connectivity index (χ0v) is 12.9. The second-order valence-corrected chi connectivity index (χ2v) is 5.10. The lowest BCUT2D eigenvalue weighted by Crippen LogP contribution is -2.06. The molecule has 0 unspecified atom stereocenters. The first-order valence-corrected chi connectivity index (χ1v) is 6.86. The molecular formula is C18H20O3. The smallest absolute Gasteiger partial charge is 0.167 e. The Morgan fingerprint density at radius 1 is 0.952 bits per heavy atom. The topological polar surface area (TPSA) is 35.5 Å². The van der Waals surface area contributed by atoms with Crippen LogP contribution in [0.5, 0.6) is 11.5 Å². The molecule has 0 fully saturated rings. The minimum absolute atomic E-state index is 0.0530. The highest BCUT2D eigenvalue weighted by atomic mass is 16.5. The fraction of sp³-hybridized carbons (Fsp3) is 0.278. The molecule has 2 rings (SSSR count). The molecule has 0 saturated carbocycles. The molecule has 2 aromatic rings. The number of ether oxygens (including phenoxy) is 2. The Labute approximate surface area is 125 Å². The van der Waals surface area contributed by atoms with Gasteiger partial charge in [0.2, 0.25) is 0 Å². The first-order chi connectivity index (χ1) is 10.0. The van der Waals surface area contributed by atoms with E-state index in [9.17, 15) is 4.79 Å². The van der Waals surface area contributed by atoms with Crippen molar-refractivity contribution < 1.29 is 14.3 Å². The van der Waals surface area contributed by atoms with Crippen LogP contribution in [0.4, 0.5) is 0 Å². The molecule has 0 saturated heterocycles. The van der Waals surface area contributed by atoms with Crippen LogP contribution < -0.4 is 9.47 Å². The van der Waals surface area contributed by atoms with E-state index in [1.807, 2.05) is 44.2 Å². The molecule has 0 heterocycles. The summed E-state index contributed by atoms with van der Waals surface area (Å²) in [6.07, 6.45) is 0.317. The fourth-order valence-corrected chi connectivity index (χ4v) is 2.31. The van der Waals surface area contributed by atoms with E-state index < -0.39 is 0 Å². The summed E-state index contributed by atoms with van der Waals surface area (Å²) in [7, 11) is 3.23. The average molecular weight is 284 g/mol. The number of carbonyl (C=O) groups excluding carboxylic acids is 1. The van der Waals surface area contributed by atoms with Crippen LogP contribution >= 0.6 is 0 Å². The molecule has 0 bridgehead atoms. The SMILES string of the molecule is COc1cc(C(=O)Cc2cc(C)ccc2OC)ccc1C. The molecule has 2 aromatic carbocycles. The maximum atomic E-state index is 12.5. The third-order valence-corrected chi connectivity index (χ3v) is 3.52. The van der Waals surface area contributed by atoms with Gasteiger partial charge in [0.25, 0.3) is 0 Å². The molecule has 0 aliphatic rings. The summed E-state index contributed by atoms with van der Waals surface area (Å²) in [4.78, 5) is 12.5. The molecule has 3 heteroatoms. The zero-order valence-electron chi connectivity index (χ0n) is 12.9. The minimum atomic E-state index is 0.0530. The maximum absolute atomic E-state index is 12.5. The summed E-state index contributed by atoms with van der Waals surface area (Å²) in [5.74, 6) is 1.53. The third-order valence-electron chi connectivity index (χ3n) is 3.52. The van der Waals surface area contributed by atoms with Crippen LogP contribution in [-0.2, 0) is 6.42 Å². The van der Waals surface area contributed by atoms with Crippen LogP contribution in [0.2, 0.25) is 0 Å². The van der Waals surface area contributed by atoms with Gasteiger partial charge < -0.3 is 9.47 Å². The van der Waals surface area contributed by atoms with Gasteiger partial charge in [0, 0.05) is 17.5 Å². The van der Waals surface area contributed by atoms with Crippen LogP contribution in [0.1, 0.15) is 27.0 Å². The van der Waals surface area contributed by atoms with Crippen molar-refractivity contribution in [2.75, 3.05) is 14.2 Å². The van der Waals surface area contributed by atoms with Crippen LogP contribution in [-0.4, -0.2) is 20.0 Å². The highest BCUT2D eigenvalue weighted by Crippen LogP contribution is 2.24. The summed E-state index contributed by atoms with van der Waals surface area (Å²) in [6.45, 7) is 3.96. The predicted molar refractivity (Wildman–Crippen MR) is 83.5 cm³/mol. The van der Waals surface area contributed by atoms with Gasteiger partial charge in [-0.05, 0) is 31.5 Å². The number of hydrogen-bond acceptors (Lipinski definition) is 3. The Hall–Kier alpha value is -2.29. The molecule has 0 spiro atoms. The minimum Gasteiger partial charge on any atom is -0.496 e. The van der Waals surface area contributed by atoms with E-state index in [-0.39, 0.29) is 5.78 Å². The number of aryl methyl sites for hydroxylation is 2. The summed E-state index contributed by atoms with van der Waals surface area (Å²) < 4.78 is 10.6. The summed E-state index contributed by atoms with van der Waals surface area (Å²) in [5, 5.41) is 0. The predicted octanol–water partition coefficient (Wildman–Crippen LogP) is 3.75. The van der Waals surface area contributed by atoms with Gasteiger partial charge in [0.05, 0.1) is 14.2 Å². The molecule has 0 aromatic heterocycles. The Balaban J connectivity index is 2.28. The lowest BCUT2D eigenvalue weighted by Gasteiger charge is -2.10. The molecule has 0 amide bonds. The van der Waals surface area contributed by atoms with E-state index in [4.69, 9.17) is 9.47 Å². The van der Waals surface area contributed by atoms with Crippen molar-refractivity contribution in [1.29, 1.82) is 0 Å². The normalized spacial score (nSPS) is 10.3. The van der Waals surface area contributed by atoms with Gasteiger partial charge in [-0.1, -0.05) is 29.8 Å². The van der Waals surface area contributed by atoms with Gasteiger partial charge in [-0.3, -0.25) is 4.79 Å². The lowest BCUT2D eigenvalue weighted by atomic mass is 9.99. The Morgan fingerprint density at radius 2 is 1.67 bits per heavy atom. The van der Waals surface area contributed by atoms with Gasteiger partial charge in [-0.15, -0.1) is 0 Å². The zero-order chi connectivity index (χ0) is 15.4. The van der Waals surface area contributed by atoms with Gasteiger partial charge >= 0.3 is 0 Å². The Bertz CT molecular complexity index is 660. The second kappa shape index (κ2) is 6.44. The van der Waals surface area contributed by atoms with Crippen molar-refractivity contribution in [3.05, 3.63) is 58.7 Å².